The summed E-state index contributed by atoms with van der Waals surface area (Å²) in [5.41, 5.74) is 1.04. The van der Waals surface area contributed by atoms with Gasteiger partial charge in [0.2, 0.25) is 0 Å². The van der Waals surface area contributed by atoms with E-state index in [9.17, 15) is 15.0 Å². The van der Waals surface area contributed by atoms with E-state index < -0.39 is 0 Å². The van der Waals surface area contributed by atoms with Crippen molar-refractivity contribution in [1.29, 1.82) is 0 Å². The molecular formula is C15H26O3. The van der Waals surface area contributed by atoms with Gasteiger partial charge in [-0.25, -0.2) is 0 Å². The molecule has 0 heterocycles. The lowest BCUT2D eigenvalue weighted by Crippen LogP contribution is -2.31. The lowest BCUT2D eigenvalue weighted by molar-refractivity contribution is -0.117. The van der Waals surface area contributed by atoms with Gasteiger partial charge >= 0.3 is 0 Å². The molecular weight excluding hydrogens is 228 g/mol. The van der Waals surface area contributed by atoms with Crippen LogP contribution in [0.5, 0.6) is 0 Å². The van der Waals surface area contributed by atoms with Gasteiger partial charge in [-0.05, 0) is 55.4 Å². The fraction of sp³-hybridized carbons (Fsp3) is 0.800. The smallest absolute Gasteiger partial charge is 0.129 e. The number of allylic oxidation sites excluding steroid dienone is 1. The van der Waals surface area contributed by atoms with Gasteiger partial charge < -0.3 is 15.0 Å². The highest BCUT2D eigenvalue weighted by Crippen LogP contribution is 2.43. The molecule has 0 spiro atoms. The molecule has 2 N–H and O–H groups in total. The molecule has 0 aromatic carbocycles. The van der Waals surface area contributed by atoms with Crippen LogP contribution >= 0.6 is 0 Å². The van der Waals surface area contributed by atoms with Gasteiger partial charge in [-0.3, -0.25) is 0 Å². The third-order valence-electron chi connectivity index (χ3n) is 4.41. The maximum atomic E-state index is 11.1. The summed E-state index contributed by atoms with van der Waals surface area (Å²) in [4.78, 5) is 11.1. The Hall–Kier alpha value is -0.830. The van der Waals surface area contributed by atoms with Gasteiger partial charge in [0, 0.05) is 13.0 Å². The predicted octanol–water partition coefficient (Wildman–Crippen LogP) is 3.09. The molecule has 18 heavy (non-hydrogen) atoms. The highest BCUT2D eigenvalue weighted by Gasteiger charge is 2.35. The SMILES string of the molecule is CC(=O)CC[C@@H]1/C(=C\O)[C@H]([C@@H](C)CO)CC[C@H]1C. The van der Waals surface area contributed by atoms with Gasteiger partial charge in [0.05, 0.1) is 6.26 Å². The second-order valence-corrected chi connectivity index (χ2v) is 5.80. The van der Waals surface area contributed by atoms with Crippen molar-refractivity contribution in [3.63, 3.8) is 0 Å². The first kappa shape index (κ1) is 15.2. The fourth-order valence-electron chi connectivity index (χ4n) is 3.16. The van der Waals surface area contributed by atoms with Crippen LogP contribution in [-0.2, 0) is 4.79 Å². The summed E-state index contributed by atoms with van der Waals surface area (Å²) >= 11 is 0. The molecule has 0 bridgehead atoms. The fourth-order valence-corrected chi connectivity index (χ4v) is 3.16. The van der Waals surface area contributed by atoms with E-state index in [1.807, 2.05) is 6.92 Å². The minimum absolute atomic E-state index is 0.149. The average molecular weight is 254 g/mol. The van der Waals surface area contributed by atoms with Crippen LogP contribution < -0.4 is 0 Å². The van der Waals surface area contributed by atoms with E-state index >= 15 is 0 Å². The van der Waals surface area contributed by atoms with Crippen molar-refractivity contribution in [2.24, 2.45) is 23.7 Å². The zero-order chi connectivity index (χ0) is 13.7. The van der Waals surface area contributed by atoms with Gasteiger partial charge in [0.15, 0.2) is 0 Å². The summed E-state index contributed by atoms with van der Waals surface area (Å²) in [5, 5.41) is 18.8. The monoisotopic (exact) mass is 254 g/mol. The van der Waals surface area contributed by atoms with Crippen molar-refractivity contribution in [3.05, 3.63) is 11.8 Å². The van der Waals surface area contributed by atoms with Gasteiger partial charge in [0.25, 0.3) is 0 Å². The molecule has 0 aromatic heterocycles. The first-order valence-electron chi connectivity index (χ1n) is 6.95. The Morgan fingerprint density at radius 1 is 1.50 bits per heavy atom. The van der Waals surface area contributed by atoms with E-state index in [-0.39, 0.29) is 30.1 Å². The van der Waals surface area contributed by atoms with Crippen molar-refractivity contribution in [3.8, 4) is 0 Å². The van der Waals surface area contributed by atoms with Crippen LogP contribution in [0.4, 0.5) is 0 Å². The van der Waals surface area contributed by atoms with Crippen molar-refractivity contribution >= 4 is 5.78 Å². The summed E-state index contributed by atoms with van der Waals surface area (Å²) in [6, 6.07) is 0. The summed E-state index contributed by atoms with van der Waals surface area (Å²) in [7, 11) is 0. The highest BCUT2D eigenvalue weighted by atomic mass is 16.3. The van der Waals surface area contributed by atoms with Crippen LogP contribution in [-0.4, -0.2) is 22.6 Å². The molecule has 0 unspecified atom stereocenters. The van der Waals surface area contributed by atoms with E-state index in [1.165, 1.54) is 6.26 Å². The topological polar surface area (TPSA) is 57.5 Å². The Morgan fingerprint density at radius 3 is 2.67 bits per heavy atom. The maximum absolute atomic E-state index is 11.1. The molecule has 0 saturated heterocycles. The van der Waals surface area contributed by atoms with E-state index in [4.69, 9.17) is 0 Å². The minimum atomic E-state index is 0.149. The molecule has 3 nitrogen and oxygen atoms in total. The molecule has 0 aromatic rings. The molecule has 1 rings (SSSR count). The molecule has 1 aliphatic carbocycles. The van der Waals surface area contributed by atoms with Gasteiger partial charge in [-0.1, -0.05) is 13.8 Å². The number of carbonyl (C=O) groups is 1. The number of ketones is 1. The molecule has 0 aliphatic heterocycles. The Balaban J connectivity index is 2.80. The summed E-state index contributed by atoms with van der Waals surface area (Å²) in [6.45, 7) is 5.97. The molecule has 0 amide bonds. The van der Waals surface area contributed by atoms with Crippen LogP contribution in [0.15, 0.2) is 11.8 Å². The first-order valence-corrected chi connectivity index (χ1v) is 6.95. The van der Waals surface area contributed by atoms with Crippen molar-refractivity contribution in [1.82, 2.24) is 0 Å². The molecule has 1 saturated carbocycles. The van der Waals surface area contributed by atoms with Gasteiger partial charge in [-0.15, -0.1) is 0 Å². The van der Waals surface area contributed by atoms with Crippen LogP contribution in [0.3, 0.4) is 0 Å². The van der Waals surface area contributed by atoms with Crippen LogP contribution in [0.25, 0.3) is 0 Å². The minimum Gasteiger partial charge on any atom is -0.516 e. The van der Waals surface area contributed by atoms with Crippen LogP contribution in [0.1, 0.15) is 46.5 Å². The Bertz CT molecular complexity index is 309. The van der Waals surface area contributed by atoms with Crippen LogP contribution in [0.2, 0.25) is 0 Å². The Labute approximate surface area is 110 Å². The first-order chi connectivity index (χ1) is 8.51. The number of rotatable bonds is 5. The maximum Gasteiger partial charge on any atom is 0.129 e. The molecule has 1 aliphatic rings. The zero-order valence-electron chi connectivity index (χ0n) is 11.7. The summed E-state index contributed by atoms with van der Waals surface area (Å²) < 4.78 is 0. The Kier molecular flexibility index (Phi) is 5.86. The highest BCUT2D eigenvalue weighted by molar-refractivity contribution is 5.75. The lowest BCUT2D eigenvalue weighted by Gasteiger charge is -2.39. The summed E-state index contributed by atoms with van der Waals surface area (Å²) in [6.07, 6.45) is 4.75. The van der Waals surface area contributed by atoms with Crippen LogP contribution in [0, 0.1) is 23.7 Å². The average Bonchev–Trinajstić information content (AvgIpc) is 2.35. The lowest BCUT2D eigenvalue weighted by atomic mass is 9.66. The third-order valence-corrected chi connectivity index (χ3v) is 4.41. The second kappa shape index (κ2) is 6.93. The molecule has 1 fully saturated rings. The van der Waals surface area contributed by atoms with E-state index in [0.29, 0.717) is 12.3 Å². The standard InChI is InChI=1S/C15H26O3/c1-10-4-6-14(11(2)8-16)15(9-17)13(10)7-5-12(3)18/h9-11,13-14,16-17H,4-8H2,1-3H3/b15-9+/t10-,11+,13+,14+/m1/s1. The van der Waals surface area contributed by atoms with E-state index in [2.05, 4.69) is 6.92 Å². The molecule has 3 heteroatoms. The molecule has 104 valence electrons. The van der Waals surface area contributed by atoms with E-state index in [0.717, 1.165) is 24.8 Å². The van der Waals surface area contributed by atoms with E-state index in [1.54, 1.807) is 6.92 Å². The number of aliphatic hydroxyl groups excluding tert-OH is 2. The largest absolute Gasteiger partial charge is 0.516 e. The number of carbonyl (C=O) groups excluding carboxylic acids is 1. The third kappa shape index (κ3) is 3.58. The quantitative estimate of drug-likeness (QED) is 0.741. The van der Waals surface area contributed by atoms with Crippen molar-refractivity contribution in [2.45, 2.75) is 46.5 Å². The van der Waals surface area contributed by atoms with Crippen molar-refractivity contribution in [2.75, 3.05) is 6.61 Å². The molecule has 4 atom stereocenters. The second-order valence-electron chi connectivity index (χ2n) is 5.80. The van der Waals surface area contributed by atoms with Crippen molar-refractivity contribution < 1.29 is 15.0 Å². The van der Waals surface area contributed by atoms with Gasteiger partial charge in [-0.2, -0.15) is 0 Å². The van der Waals surface area contributed by atoms with Gasteiger partial charge in [0.1, 0.15) is 5.78 Å². The summed E-state index contributed by atoms with van der Waals surface area (Å²) in [5.74, 6) is 1.43. The number of hydrogen-bond acceptors (Lipinski definition) is 3. The normalized spacial score (nSPS) is 32.4. The Morgan fingerprint density at radius 2 is 2.17 bits per heavy atom. The number of aliphatic hydroxyl groups is 2. The predicted molar refractivity (Wildman–Crippen MR) is 72.3 cm³/mol. The zero-order valence-corrected chi connectivity index (χ0v) is 11.7. The number of Topliss-reactive ketones (excluding diaryl/α,β-unsaturated/α-hetero) is 1. The number of hydrogen-bond donors (Lipinski definition) is 2. The molecule has 0 radical (unpaired) electrons.